The number of rotatable bonds is 6. The van der Waals surface area contributed by atoms with Crippen molar-refractivity contribution in [3.8, 4) is 0 Å². The average molecular weight is 362 g/mol. The van der Waals surface area contributed by atoms with Gasteiger partial charge >= 0.3 is 0 Å². The van der Waals surface area contributed by atoms with Crippen molar-refractivity contribution in [3.63, 3.8) is 0 Å². The third kappa shape index (κ3) is 4.44. The fraction of sp³-hybridized carbons (Fsp3) is 0.182. The van der Waals surface area contributed by atoms with Crippen LogP contribution < -0.4 is 10.6 Å². The number of hydrogen-bond acceptors (Lipinski definition) is 4. The molecule has 1 atom stereocenters. The van der Waals surface area contributed by atoms with Crippen molar-refractivity contribution >= 4 is 17.4 Å². The number of anilines is 1. The third-order valence-electron chi connectivity index (χ3n) is 4.44. The molecule has 0 fully saturated rings. The van der Waals surface area contributed by atoms with E-state index in [-0.39, 0.29) is 11.5 Å². The minimum Gasteiger partial charge on any atom is -0.459 e. The third-order valence-corrected chi connectivity index (χ3v) is 4.44. The lowest BCUT2D eigenvalue weighted by Gasteiger charge is -2.20. The van der Waals surface area contributed by atoms with E-state index in [0.717, 1.165) is 22.4 Å². The molecule has 0 unspecified atom stereocenters. The van der Waals surface area contributed by atoms with Gasteiger partial charge in [0, 0.05) is 11.3 Å². The van der Waals surface area contributed by atoms with Crippen LogP contribution in [0.25, 0.3) is 0 Å². The highest BCUT2D eigenvalue weighted by Gasteiger charge is 2.24. The normalized spacial score (nSPS) is 11.7. The van der Waals surface area contributed by atoms with Crippen LogP contribution in [0.1, 0.15) is 37.6 Å². The van der Waals surface area contributed by atoms with Crippen LogP contribution in [0.15, 0.2) is 65.3 Å². The molecule has 5 nitrogen and oxygen atoms in total. The summed E-state index contributed by atoms with van der Waals surface area (Å²) in [6.45, 7) is 5.98. The van der Waals surface area contributed by atoms with E-state index < -0.39 is 12.1 Å². The fourth-order valence-corrected chi connectivity index (χ4v) is 2.66. The molecule has 1 aromatic heterocycles. The molecule has 3 aromatic rings. The first-order valence-electron chi connectivity index (χ1n) is 8.73. The number of amides is 1. The van der Waals surface area contributed by atoms with Gasteiger partial charge in [-0.05, 0) is 56.2 Å². The highest BCUT2D eigenvalue weighted by molar-refractivity contribution is 6.04. The summed E-state index contributed by atoms with van der Waals surface area (Å²) in [4.78, 5) is 25.4. The van der Waals surface area contributed by atoms with Crippen molar-refractivity contribution in [2.24, 2.45) is 0 Å². The van der Waals surface area contributed by atoms with E-state index in [1.807, 2.05) is 51.1 Å². The first kappa shape index (κ1) is 18.5. The van der Waals surface area contributed by atoms with Gasteiger partial charge in [-0.1, -0.05) is 35.9 Å². The van der Waals surface area contributed by atoms with Crippen LogP contribution in [0.4, 0.5) is 5.69 Å². The van der Waals surface area contributed by atoms with Crippen molar-refractivity contribution in [2.45, 2.75) is 26.9 Å². The van der Waals surface area contributed by atoms with Gasteiger partial charge in [-0.3, -0.25) is 9.59 Å². The predicted octanol–water partition coefficient (Wildman–Crippen LogP) is 4.26. The Balaban J connectivity index is 1.87. The van der Waals surface area contributed by atoms with Crippen LogP contribution in [-0.4, -0.2) is 17.9 Å². The van der Waals surface area contributed by atoms with E-state index in [2.05, 4.69) is 10.6 Å². The number of hydrogen-bond donors (Lipinski definition) is 2. The molecule has 0 bridgehead atoms. The van der Waals surface area contributed by atoms with Gasteiger partial charge in [-0.25, -0.2) is 0 Å². The van der Waals surface area contributed by atoms with Crippen molar-refractivity contribution in [1.82, 2.24) is 5.32 Å². The molecular formula is C22H22N2O3. The predicted molar refractivity (Wildman–Crippen MR) is 105 cm³/mol. The summed E-state index contributed by atoms with van der Waals surface area (Å²) in [5.41, 5.74) is 4.58. The highest BCUT2D eigenvalue weighted by Crippen LogP contribution is 2.16. The average Bonchev–Trinajstić information content (AvgIpc) is 3.19. The number of furan rings is 1. The summed E-state index contributed by atoms with van der Waals surface area (Å²) >= 11 is 0. The standard InChI is InChI=1S/C22H22N2O3/c1-14-6-9-17(10-7-14)20(25)21(24-22(26)19-5-4-12-27-19)23-18-11-8-15(2)16(3)13-18/h4-13,21,23H,1-3H3,(H,24,26)/t21-/m1/s1. The van der Waals surface area contributed by atoms with Crippen LogP contribution >= 0.6 is 0 Å². The molecule has 0 radical (unpaired) electrons. The highest BCUT2D eigenvalue weighted by atomic mass is 16.3. The molecule has 1 heterocycles. The largest absolute Gasteiger partial charge is 0.459 e. The summed E-state index contributed by atoms with van der Waals surface area (Å²) < 4.78 is 5.13. The Bertz CT molecular complexity index is 944. The van der Waals surface area contributed by atoms with Crippen LogP contribution in [0.3, 0.4) is 0 Å². The Hall–Kier alpha value is -3.34. The number of carbonyl (C=O) groups excluding carboxylic acids is 2. The molecule has 0 spiro atoms. The van der Waals surface area contributed by atoms with Gasteiger partial charge in [0.1, 0.15) is 0 Å². The maximum absolute atomic E-state index is 13.0. The van der Waals surface area contributed by atoms with E-state index in [0.29, 0.717) is 5.56 Å². The smallest absolute Gasteiger partial charge is 0.288 e. The molecule has 2 aromatic carbocycles. The molecule has 0 aliphatic heterocycles. The number of benzene rings is 2. The molecular weight excluding hydrogens is 340 g/mol. The Kier molecular flexibility index (Phi) is 5.41. The van der Waals surface area contributed by atoms with Crippen molar-refractivity contribution in [3.05, 3.63) is 88.9 Å². The van der Waals surface area contributed by atoms with E-state index in [1.54, 1.807) is 24.3 Å². The minimum absolute atomic E-state index is 0.151. The van der Waals surface area contributed by atoms with Gasteiger partial charge in [0.15, 0.2) is 11.9 Å². The molecule has 0 saturated heterocycles. The van der Waals surface area contributed by atoms with Crippen LogP contribution in [0, 0.1) is 20.8 Å². The Morgan fingerprint density at radius 3 is 2.30 bits per heavy atom. The van der Waals surface area contributed by atoms with E-state index in [9.17, 15) is 9.59 Å². The zero-order valence-electron chi connectivity index (χ0n) is 15.6. The topological polar surface area (TPSA) is 71.3 Å². The van der Waals surface area contributed by atoms with Gasteiger partial charge in [0.25, 0.3) is 5.91 Å². The van der Waals surface area contributed by atoms with E-state index in [4.69, 9.17) is 4.42 Å². The van der Waals surface area contributed by atoms with Gasteiger partial charge < -0.3 is 15.1 Å². The number of ketones is 1. The summed E-state index contributed by atoms with van der Waals surface area (Å²) in [6, 6.07) is 16.2. The fourth-order valence-electron chi connectivity index (χ4n) is 2.66. The molecule has 3 rings (SSSR count). The number of Topliss-reactive ketones (excluding diaryl/α,β-unsaturated/α-hetero) is 1. The quantitative estimate of drug-likeness (QED) is 0.508. The Morgan fingerprint density at radius 1 is 0.926 bits per heavy atom. The SMILES string of the molecule is Cc1ccc(C(=O)[C@@H](NC(=O)c2ccco2)Nc2ccc(C)c(C)c2)cc1. The number of nitrogens with one attached hydrogen (secondary N) is 2. The lowest BCUT2D eigenvalue weighted by molar-refractivity contribution is 0.0853. The first-order chi connectivity index (χ1) is 12.9. The minimum atomic E-state index is -0.924. The number of carbonyl (C=O) groups is 2. The van der Waals surface area contributed by atoms with Gasteiger partial charge in [-0.2, -0.15) is 0 Å². The second-order valence-corrected chi connectivity index (χ2v) is 6.56. The molecule has 2 N–H and O–H groups in total. The summed E-state index contributed by atoms with van der Waals surface area (Å²) in [6.07, 6.45) is 0.495. The molecule has 138 valence electrons. The molecule has 5 heteroatoms. The van der Waals surface area contributed by atoms with Gasteiger partial charge in [0.2, 0.25) is 5.78 Å². The summed E-state index contributed by atoms with van der Waals surface area (Å²) in [5, 5.41) is 5.85. The Morgan fingerprint density at radius 2 is 1.67 bits per heavy atom. The molecule has 0 aliphatic rings. The van der Waals surface area contributed by atoms with Crippen LogP contribution in [-0.2, 0) is 0 Å². The lowest BCUT2D eigenvalue weighted by atomic mass is 10.1. The van der Waals surface area contributed by atoms with Crippen molar-refractivity contribution in [2.75, 3.05) is 5.32 Å². The van der Waals surface area contributed by atoms with Crippen LogP contribution in [0.2, 0.25) is 0 Å². The monoisotopic (exact) mass is 362 g/mol. The Labute approximate surface area is 158 Å². The van der Waals surface area contributed by atoms with Gasteiger partial charge in [0.05, 0.1) is 6.26 Å². The molecule has 0 saturated carbocycles. The maximum Gasteiger partial charge on any atom is 0.288 e. The zero-order valence-corrected chi connectivity index (χ0v) is 15.6. The molecule has 27 heavy (non-hydrogen) atoms. The first-order valence-corrected chi connectivity index (χ1v) is 8.73. The van der Waals surface area contributed by atoms with Crippen molar-refractivity contribution < 1.29 is 14.0 Å². The van der Waals surface area contributed by atoms with E-state index >= 15 is 0 Å². The second-order valence-electron chi connectivity index (χ2n) is 6.56. The zero-order chi connectivity index (χ0) is 19.4. The number of aryl methyl sites for hydroxylation is 3. The second kappa shape index (κ2) is 7.91. The molecule has 1 amide bonds. The van der Waals surface area contributed by atoms with Crippen molar-refractivity contribution in [1.29, 1.82) is 0 Å². The van der Waals surface area contributed by atoms with Crippen LogP contribution in [0.5, 0.6) is 0 Å². The van der Waals surface area contributed by atoms with E-state index in [1.165, 1.54) is 6.26 Å². The molecule has 0 aliphatic carbocycles. The lowest BCUT2D eigenvalue weighted by Crippen LogP contribution is -2.46. The summed E-state index contributed by atoms with van der Waals surface area (Å²) in [7, 11) is 0. The maximum atomic E-state index is 13.0. The van der Waals surface area contributed by atoms with Gasteiger partial charge in [-0.15, -0.1) is 0 Å². The summed E-state index contributed by atoms with van der Waals surface area (Å²) in [5.74, 6) is -0.534.